The molecule has 4 heteroatoms. The molecule has 2 rings (SSSR count). The molecule has 0 saturated heterocycles. The van der Waals surface area contributed by atoms with Gasteiger partial charge in [-0.25, -0.2) is 4.98 Å². The molecule has 0 amide bonds. The fraction of sp³-hybridized carbons (Fsp3) is 0.700. The van der Waals surface area contributed by atoms with Gasteiger partial charge in [0, 0.05) is 18.0 Å². The third-order valence-electron chi connectivity index (χ3n) is 2.65. The average Bonchev–Trinajstić information content (AvgIpc) is 2.60. The molecular formula is C10H17N3S. The Hall–Kier alpha value is -0.610. The maximum atomic E-state index is 4.54. The zero-order valence-corrected chi connectivity index (χ0v) is 9.58. The number of hydrogen-bond acceptors (Lipinski definition) is 4. The van der Waals surface area contributed by atoms with E-state index in [2.05, 4.69) is 22.5 Å². The number of rotatable bonds is 3. The number of nitrogens with zero attached hydrogens (tertiary/aromatic N) is 1. The largest absolute Gasteiger partial charge is 0.365 e. The van der Waals surface area contributed by atoms with Crippen molar-refractivity contribution in [3.8, 4) is 0 Å². The summed E-state index contributed by atoms with van der Waals surface area (Å²) in [6.45, 7) is 3.24. The van der Waals surface area contributed by atoms with Gasteiger partial charge in [-0.2, -0.15) is 0 Å². The number of thiazole rings is 1. The lowest BCUT2D eigenvalue weighted by atomic mass is 9.98. The Labute approximate surface area is 88.9 Å². The lowest BCUT2D eigenvalue weighted by Gasteiger charge is -2.21. The molecule has 1 aromatic rings. The van der Waals surface area contributed by atoms with Crippen molar-refractivity contribution in [2.45, 2.75) is 32.2 Å². The highest BCUT2D eigenvalue weighted by atomic mass is 32.1. The van der Waals surface area contributed by atoms with Gasteiger partial charge in [-0.1, -0.05) is 6.92 Å². The normalized spacial score (nSPS) is 20.6. The van der Waals surface area contributed by atoms with Crippen LogP contribution in [0.1, 0.15) is 23.9 Å². The van der Waals surface area contributed by atoms with Crippen molar-refractivity contribution in [1.82, 2.24) is 10.3 Å². The molecular weight excluding hydrogens is 194 g/mol. The average molecular weight is 211 g/mol. The summed E-state index contributed by atoms with van der Waals surface area (Å²) in [4.78, 5) is 6.01. The van der Waals surface area contributed by atoms with Crippen molar-refractivity contribution in [2.24, 2.45) is 0 Å². The highest BCUT2D eigenvalue weighted by molar-refractivity contribution is 7.15. The van der Waals surface area contributed by atoms with E-state index in [0.29, 0.717) is 6.04 Å². The van der Waals surface area contributed by atoms with Crippen LogP contribution >= 0.6 is 11.3 Å². The minimum atomic E-state index is 0.664. The Bertz CT molecular complexity index is 308. The molecule has 0 bridgehead atoms. The standard InChI is InChI=1S/C10H17N3S/c1-3-12-7-4-5-8-9(6-7)14-10(11-2)13-8/h7,12H,3-6H2,1-2H3,(H,11,13). The van der Waals surface area contributed by atoms with Gasteiger partial charge in [0.2, 0.25) is 0 Å². The quantitative estimate of drug-likeness (QED) is 0.798. The van der Waals surface area contributed by atoms with Crippen LogP contribution in [0.3, 0.4) is 0 Å². The van der Waals surface area contributed by atoms with Crippen LogP contribution in [0.25, 0.3) is 0 Å². The third kappa shape index (κ3) is 1.91. The molecule has 1 aromatic heterocycles. The highest BCUT2D eigenvalue weighted by Gasteiger charge is 2.21. The summed E-state index contributed by atoms with van der Waals surface area (Å²) in [5.74, 6) is 0. The number of anilines is 1. The molecule has 1 atom stereocenters. The van der Waals surface area contributed by atoms with Gasteiger partial charge in [0.1, 0.15) is 0 Å². The molecule has 1 unspecified atom stereocenters. The molecule has 1 aliphatic rings. The smallest absolute Gasteiger partial charge is 0.182 e. The van der Waals surface area contributed by atoms with Crippen LogP contribution in [0.15, 0.2) is 0 Å². The Balaban J connectivity index is 2.09. The molecule has 2 N–H and O–H groups in total. The summed E-state index contributed by atoms with van der Waals surface area (Å²) < 4.78 is 0. The first-order valence-electron chi connectivity index (χ1n) is 5.23. The van der Waals surface area contributed by atoms with Crippen molar-refractivity contribution < 1.29 is 0 Å². The van der Waals surface area contributed by atoms with E-state index in [1.807, 2.05) is 7.05 Å². The molecule has 0 spiro atoms. The van der Waals surface area contributed by atoms with E-state index >= 15 is 0 Å². The number of aromatic nitrogens is 1. The first-order chi connectivity index (χ1) is 6.83. The lowest BCUT2D eigenvalue weighted by Crippen LogP contribution is -2.33. The summed E-state index contributed by atoms with van der Waals surface area (Å²) in [6, 6.07) is 0.664. The molecule has 0 radical (unpaired) electrons. The van der Waals surface area contributed by atoms with Gasteiger partial charge < -0.3 is 10.6 Å². The van der Waals surface area contributed by atoms with Crippen LogP contribution < -0.4 is 10.6 Å². The Morgan fingerprint density at radius 1 is 1.57 bits per heavy atom. The first kappa shape index (κ1) is 9.93. The second kappa shape index (κ2) is 4.28. The van der Waals surface area contributed by atoms with Crippen molar-refractivity contribution in [2.75, 3.05) is 18.9 Å². The van der Waals surface area contributed by atoms with Gasteiger partial charge in [-0.3, -0.25) is 0 Å². The second-order valence-electron chi connectivity index (χ2n) is 3.64. The fourth-order valence-electron chi connectivity index (χ4n) is 1.94. The number of nitrogens with one attached hydrogen (secondary N) is 2. The fourth-order valence-corrected chi connectivity index (χ4v) is 2.99. The molecule has 1 aliphatic carbocycles. The van der Waals surface area contributed by atoms with Crippen molar-refractivity contribution >= 4 is 16.5 Å². The van der Waals surface area contributed by atoms with E-state index < -0.39 is 0 Å². The number of hydrogen-bond donors (Lipinski definition) is 2. The van der Waals surface area contributed by atoms with Crippen LogP contribution in [0, 0.1) is 0 Å². The van der Waals surface area contributed by atoms with Crippen LogP contribution in [-0.4, -0.2) is 24.6 Å². The molecule has 14 heavy (non-hydrogen) atoms. The second-order valence-corrected chi connectivity index (χ2v) is 4.72. The summed E-state index contributed by atoms with van der Waals surface area (Å²) >= 11 is 1.80. The van der Waals surface area contributed by atoms with Gasteiger partial charge in [-0.05, 0) is 25.8 Å². The molecule has 3 nitrogen and oxygen atoms in total. The van der Waals surface area contributed by atoms with E-state index in [1.54, 1.807) is 11.3 Å². The first-order valence-corrected chi connectivity index (χ1v) is 6.04. The summed E-state index contributed by atoms with van der Waals surface area (Å²) in [7, 11) is 1.94. The Morgan fingerprint density at radius 3 is 3.14 bits per heavy atom. The van der Waals surface area contributed by atoms with Crippen LogP contribution in [-0.2, 0) is 12.8 Å². The van der Waals surface area contributed by atoms with Crippen molar-refractivity contribution in [3.63, 3.8) is 0 Å². The van der Waals surface area contributed by atoms with Gasteiger partial charge >= 0.3 is 0 Å². The third-order valence-corrected chi connectivity index (χ3v) is 3.78. The highest BCUT2D eigenvalue weighted by Crippen LogP contribution is 2.29. The number of likely N-dealkylation sites (N-methyl/N-ethyl adjacent to an activating group) is 1. The van der Waals surface area contributed by atoms with Gasteiger partial charge in [0.05, 0.1) is 5.69 Å². The molecule has 0 fully saturated rings. The SMILES string of the molecule is CCNC1CCc2nc(NC)sc2C1. The lowest BCUT2D eigenvalue weighted by molar-refractivity contribution is 0.471. The topological polar surface area (TPSA) is 37.0 Å². The van der Waals surface area contributed by atoms with E-state index in [1.165, 1.54) is 17.0 Å². The van der Waals surface area contributed by atoms with E-state index in [9.17, 15) is 0 Å². The van der Waals surface area contributed by atoms with Crippen LogP contribution in [0.2, 0.25) is 0 Å². The zero-order chi connectivity index (χ0) is 9.97. The van der Waals surface area contributed by atoms with Crippen molar-refractivity contribution in [1.29, 1.82) is 0 Å². The Kier molecular flexibility index (Phi) is 3.03. The molecule has 0 aliphatic heterocycles. The van der Waals surface area contributed by atoms with Crippen molar-refractivity contribution in [3.05, 3.63) is 10.6 Å². The van der Waals surface area contributed by atoms with E-state index in [-0.39, 0.29) is 0 Å². The van der Waals surface area contributed by atoms with Crippen LogP contribution in [0.5, 0.6) is 0 Å². The summed E-state index contributed by atoms with van der Waals surface area (Å²) in [5.41, 5.74) is 1.31. The molecule has 1 heterocycles. The van der Waals surface area contributed by atoms with Gasteiger partial charge in [-0.15, -0.1) is 11.3 Å². The number of fused-ring (bicyclic) bond motifs is 1. The van der Waals surface area contributed by atoms with E-state index in [0.717, 1.165) is 24.5 Å². The predicted octanol–water partition coefficient (Wildman–Crippen LogP) is 1.65. The zero-order valence-electron chi connectivity index (χ0n) is 8.76. The van der Waals surface area contributed by atoms with E-state index in [4.69, 9.17) is 0 Å². The minimum absolute atomic E-state index is 0.664. The molecule has 0 aromatic carbocycles. The Morgan fingerprint density at radius 2 is 2.43 bits per heavy atom. The molecule has 0 saturated carbocycles. The number of aryl methyl sites for hydroxylation is 1. The monoisotopic (exact) mass is 211 g/mol. The van der Waals surface area contributed by atoms with Gasteiger partial charge in [0.25, 0.3) is 0 Å². The van der Waals surface area contributed by atoms with Crippen LogP contribution in [0.4, 0.5) is 5.13 Å². The summed E-state index contributed by atoms with van der Waals surface area (Å²) in [6.07, 6.45) is 3.52. The molecule has 78 valence electrons. The predicted molar refractivity (Wildman–Crippen MR) is 61.2 cm³/mol. The minimum Gasteiger partial charge on any atom is -0.365 e. The summed E-state index contributed by atoms with van der Waals surface area (Å²) in [5, 5.41) is 7.69. The maximum absolute atomic E-state index is 4.54. The van der Waals surface area contributed by atoms with Gasteiger partial charge in [0.15, 0.2) is 5.13 Å². The maximum Gasteiger partial charge on any atom is 0.182 e.